The van der Waals surface area contributed by atoms with Gasteiger partial charge in [-0.3, -0.25) is 4.79 Å². The highest BCUT2D eigenvalue weighted by molar-refractivity contribution is 6.03. The molecule has 1 heterocycles. The highest BCUT2D eigenvalue weighted by Crippen LogP contribution is 2.33. The molecular formula is C19H16F4N4O. The van der Waals surface area contributed by atoms with Crippen LogP contribution < -0.4 is 5.32 Å². The summed E-state index contributed by atoms with van der Waals surface area (Å²) < 4.78 is 54.4. The van der Waals surface area contributed by atoms with Crippen molar-refractivity contribution in [3.05, 3.63) is 71.3 Å². The summed E-state index contributed by atoms with van der Waals surface area (Å²) in [5.74, 6) is -1.47. The van der Waals surface area contributed by atoms with Gasteiger partial charge in [-0.15, -0.1) is 5.10 Å². The fourth-order valence-electron chi connectivity index (χ4n) is 2.62. The molecule has 28 heavy (non-hydrogen) atoms. The summed E-state index contributed by atoms with van der Waals surface area (Å²) in [7, 11) is 0. The molecular weight excluding hydrogens is 376 g/mol. The Bertz CT molecular complexity index is 994. The van der Waals surface area contributed by atoms with E-state index in [9.17, 15) is 22.4 Å². The van der Waals surface area contributed by atoms with Crippen molar-refractivity contribution in [1.29, 1.82) is 0 Å². The van der Waals surface area contributed by atoms with E-state index in [1.165, 1.54) is 0 Å². The lowest BCUT2D eigenvalue weighted by Gasteiger charge is -2.12. The van der Waals surface area contributed by atoms with Gasteiger partial charge >= 0.3 is 6.18 Å². The SMILES string of the molecule is CC(C)c1cccc(NC(=O)c2nnn(-c3ccc(F)cc3)c2C(F)(F)F)c1. The Kier molecular flexibility index (Phi) is 5.17. The molecule has 0 saturated heterocycles. The van der Waals surface area contributed by atoms with E-state index in [2.05, 4.69) is 15.6 Å². The van der Waals surface area contributed by atoms with Gasteiger partial charge in [0.05, 0.1) is 5.69 Å². The largest absolute Gasteiger partial charge is 0.435 e. The minimum absolute atomic E-state index is 0.0675. The van der Waals surface area contributed by atoms with Crippen LogP contribution in [0.2, 0.25) is 0 Å². The lowest BCUT2D eigenvalue weighted by atomic mass is 10.0. The number of hydrogen-bond acceptors (Lipinski definition) is 3. The fraction of sp³-hybridized carbons (Fsp3) is 0.211. The van der Waals surface area contributed by atoms with Gasteiger partial charge in [-0.25, -0.2) is 9.07 Å². The third-order valence-corrected chi connectivity index (χ3v) is 4.04. The van der Waals surface area contributed by atoms with E-state index in [4.69, 9.17) is 0 Å². The lowest BCUT2D eigenvalue weighted by Crippen LogP contribution is -2.21. The maximum absolute atomic E-state index is 13.6. The highest BCUT2D eigenvalue weighted by Gasteiger charge is 2.42. The van der Waals surface area contributed by atoms with Gasteiger partial charge in [0.2, 0.25) is 0 Å². The number of halogens is 4. The molecule has 0 unspecified atom stereocenters. The van der Waals surface area contributed by atoms with Crippen molar-refractivity contribution >= 4 is 11.6 Å². The van der Waals surface area contributed by atoms with Crippen LogP contribution in [0.4, 0.5) is 23.2 Å². The molecule has 0 aliphatic carbocycles. The average molecular weight is 392 g/mol. The summed E-state index contributed by atoms with van der Waals surface area (Å²) in [6.45, 7) is 3.91. The number of aromatic nitrogens is 3. The number of nitrogens with zero attached hydrogens (tertiary/aromatic N) is 3. The number of anilines is 1. The zero-order chi connectivity index (χ0) is 20.5. The first-order valence-electron chi connectivity index (χ1n) is 8.37. The molecule has 0 spiro atoms. The molecule has 0 atom stereocenters. The molecule has 1 N–H and O–H groups in total. The van der Waals surface area contributed by atoms with E-state index in [1.54, 1.807) is 18.2 Å². The Balaban J connectivity index is 1.98. The quantitative estimate of drug-likeness (QED) is 0.649. The monoisotopic (exact) mass is 392 g/mol. The zero-order valence-electron chi connectivity index (χ0n) is 15.0. The summed E-state index contributed by atoms with van der Waals surface area (Å²) in [5.41, 5.74) is -1.00. The van der Waals surface area contributed by atoms with Crippen molar-refractivity contribution in [3.8, 4) is 5.69 Å². The topological polar surface area (TPSA) is 59.8 Å². The average Bonchev–Trinajstić information content (AvgIpc) is 3.08. The van der Waals surface area contributed by atoms with Crippen LogP contribution in [-0.2, 0) is 6.18 Å². The van der Waals surface area contributed by atoms with Crippen LogP contribution in [0.3, 0.4) is 0 Å². The summed E-state index contributed by atoms with van der Waals surface area (Å²) in [6.07, 6.45) is -4.90. The molecule has 3 rings (SSSR count). The molecule has 3 aromatic rings. The Morgan fingerprint density at radius 1 is 1.11 bits per heavy atom. The van der Waals surface area contributed by atoms with Crippen molar-refractivity contribution < 1.29 is 22.4 Å². The predicted molar refractivity (Wildman–Crippen MR) is 94.8 cm³/mol. The Hall–Kier alpha value is -3.23. The van der Waals surface area contributed by atoms with E-state index in [-0.39, 0.29) is 11.6 Å². The lowest BCUT2D eigenvalue weighted by molar-refractivity contribution is -0.143. The number of hydrogen-bond donors (Lipinski definition) is 1. The van der Waals surface area contributed by atoms with Crippen LogP contribution in [-0.4, -0.2) is 20.9 Å². The van der Waals surface area contributed by atoms with Gasteiger partial charge in [0.15, 0.2) is 11.4 Å². The number of alkyl halides is 3. The van der Waals surface area contributed by atoms with Crippen LogP contribution >= 0.6 is 0 Å². The molecule has 1 amide bonds. The second-order valence-corrected chi connectivity index (χ2v) is 6.41. The second kappa shape index (κ2) is 7.41. The van der Waals surface area contributed by atoms with Gasteiger partial charge in [-0.2, -0.15) is 13.2 Å². The first-order chi connectivity index (χ1) is 13.2. The standard InChI is InChI=1S/C19H16F4N4O/c1-11(2)12-4-3-5-14(10-12)24-18(28)16-17(19(21,22)23)27(26-25-16)15-8-6-13(20)7-9-15/h3-11H,1-2H3,(H,24,28). The maximum Gasteiger partial charge on any atom is 0.435 e. The first-order valence-corrected chi connectivity index (χ1v) is 8.37. The molecule has 146 valence electrons. The van der Waals surface area contributed by atoms with Gasteiger partial charge in [0, 0.05) is 5.69 Å². The summed E-state index contributed by atoms with van der Waals surface area (Å²) >= 11 is 0. The van der Waals surface area contributed by atoms with Gasteiger partial charge in [0.25, 0.3) is 5.91 Å². The van der Waals surface area contributed by atoms with E-state index in [1.807, 2.05) is 19.9 Å². The minimum atomic E-state index is -4.90. The normalized spacial score (nSPS) is 11.7. The van der Waals surface area contributed by atoms with E-state index in [0.29, 0.717) is 10.4 Å². The van der Waals surface area contributed by atoms with Crippen LogP contribution in [0, 0.1) is 5.82 Å². The second-order valence-electron chi connectivity index (χ2n) is 6.41. The molecule has 0 bridgehead atoms. The van der Waals surface area contributed by atoms with Crippen LogP contribution in [0.25, 0.3) is 5.69 Å². The first kappa shape index (κ1) is 19.5. The summed E-state index contributed by atoms with van der Waals surface area (Å²) in [4.78, 5) is 12.5. The van der Waals surface area contributed by atoms with E-state index < -0.39 is 29.3 Å². The van der Waals surface area contributed by atoms with Crippen molar-refractivity contribution in [2.24, 2.45) is 0 Å². The molecule has 0 fully saturated rings. The molecule has 5 nitrogen and oxygen atoms in total. The van der Waals surface area contributed by atoms with E-state index >= 15 is 0 Å². The predicted octanol–water partition coefficient (Wildman–Crippen LogP) is 4.80. The molecule has 9 heteroatoms. The number of benzene rings is 2. The van der Waals surface area contributed by atoms with Crippen LogP contribution in [0.5, 0.6) is 0 Å². The third-order valence-electron chi connectivity index (χ3n) is 4.04. The summed E-state index contributed by atoms with van der Waals surface area (Å²) in [5, 5.41) is 9.30. The number of rotatable bonds is 4. The molecule has 2 aromatic carbocycles. The molecule has 0 saturated carbocycles. The molecule has 1 aromatic heterocycles. The number of carbonyl (C=O) groups excluding carboxylic acids is 1. The smallest absolute Gasteiger partial charge is 0.321 e. The summed E-state index contributed by atoms with van der Waals surface area (Å²) in [6, 6.07) is 11.0. The van der Waals surface area contributed by atoms with Crippen molar-refractivity contribution in [3.63, 3.8) is 0 Å². The van der Waals surface area contributed by atoms with Crippen LogP contribution in [0.1, 0.15) is 41.5 Å². The molecule has 0 aliphatic rings. The van der Waals surface area contributed by atoms with Crippen LogP contribution in [0.15, 0.2) is 48.5 Å². The number of carbonyl (C=O) groups is 1. The third kappa shape index (κ3) is 4.03. The molecule has 0 radical (unpaired) electrons. The number of amides is 1. The van der Waals surface area contributed by atoms with Crippen molar-refractivity contribution in [2.75, 3.05) is 5.32 Å². The zero-order valence-corrected chi connectivity index (χ0v) is 15.0. The van der Waals surface area contributed by atoms with Gasteiger partial charge in [-0.1, -0.05) is 31.2 Å². The maximum atomic E-state index is 13.6. The highest BCUT2D eigenvalue weighted by atomic mass is 19.4. The van der Waals surface area contributed by atoms with Gasteiger partial charge in [0.1, 0.15) is 5.82 Å². The Morgan fingerprint density at radius 2 is 1.79 bits per heavy atom. The Morgan fingerprint density at radius 3 is 2.39 bits per heavy atom. The number of nitrogens with one attached hydrogen (secondary N) is 1. The van der Waals surface area contributed by atoms with Gasteiger partial charge < -0.3 is 5.32 Å². The van der Waals surface area contributed by atoms with E-state index in [0.717, 1.165) is 29.8 Å². The Labute approximate surface area is 158 Å². The van der Waals surface area contributed by atoms with Crippen molar-refractivity contribution in [2.45, 2.75) is 25.9 Å². The fourth-order valence-corrected chi connectivity index (χ4v) is 2.62. The molecule has 0 aliphatic heterocycles. The van der Waals surface area contributed by atoms with Gasteiger partial charge in [-0.05, 0) is 47.9 Å². The van der Waals surface area contributed by atoms with Crippen molar-refractivity contribution in [1.82, 2.24) is 15.0 Å². The minimum Gasteiger partial charge on any atom is -0.321 e.